The van der Waals surface area contributed by atoms with E-state index < -0.39 is 0 Å². The van der Waals surface area contributed by atoms with E-state index in [0.29, 0.717) is 18.1 Å². The zero-order chi connectivity index (χ0) is 19.0. The Hall–Kier alpha value is -2.49. The number of rotatable bonds is 5. The molecule has 0 spiro atoms. The molecular formula is C22H27NO3. The number of hydrogen-bond donors (Lipinski definition) is 0. The van der Waals surface area contributed by atoms with Crippen LogP contribution >= 0.6 is 0 Å². The van der Waals surface area contributed by atoms with Gasteiger partial charge in [0, 0.05) is 34.0 Å². The molecule has 0 fully saturated rings. The summed E-state index contributed by atoms with van der Waals surface area (Å²) in [4.78, 5) is 12.8. The Labute approximate surface area is 154 Å². The molecule has 0 saturated carbocycles. The molecule has 3 rings (SSSR count). The normalized spacial score (nSPS) is 11.5. The Kier molecular flexibility index (Phi) is 4.94. The van der Waals surface area contributed by atoms with E-state index in [2.05, 4.69) is 30.5 Å². The molecule has 4 heteroatoms. The number of carbonyl (C=O) groups is 1. The van der Waals surface area contributed by atoms with E-state index in [-0.39, 0.29) is 5.97 Å². The van der Waals surface area contributed by atoms with Gasteiger partial charge in [0.25, 0.3) is 0 Å². The lowest BCUT2D eigenvalue weighted by Gasteiger charge is -2.15. The number of carbonyl (C=O) groups excluding carboxylic acids is 1. The van der Waals surface area contributed by atoms with E-state index in [1.807, 2.05) is 32.9 Å². The standard InChI is InChI=1S/C22H27NO3/c1-7-26-22(24)19-15(5)23(12-13(2)3)20-16-10-8-9-11-17(16)21(25-6)14(4)18(19)20/h8-11,13H,7,12H2,1-6H3. The number of ether oxygens (including phenoxy) is 2. The number of aromatic nitrogens is 1. The van der Waals surface area contributed by atoms with E-state index in [4.69, 9.17) is 9.47 Å². The molecule has 0 amide bonds. The van der Waals surface area contributed by atoms with Crippen LogP contribution in [0.2, 0.25) is 0 Å². The minimum atomic E-state index is -0.266. The summed E-state index contributed by atoms with van der Waals surface area (Å²) in [7, 11) is 1.68. The predicted octanol–water partition coefficient (Wildman–Crippen LogP) is 5.25. The maximum Gasteiger partial charge on any atom is 0.340 e. The summed E-state index contributed by atoms with van der Waals surface area (Å²) >= 11 is 0. The number of hydrogen-bond acceptors (Lipinski definition) is 3. The highest BCUT2D eigenvalue weighted by Crippen LogP contribution is 2.41. The summed E-state index contributed by atoms with van der Waals surface area (Å²) < 4.78 is 13.4. The van der Waals surface area contributed by atoms with Gasteiger partial charge >= 0.3 is 5.97 Å². The molecule has 1 aromatic heterocycles. The Bertz CT molecular complexity index is 982. The number of benzene rings is 2. The zero-order valence-electron chi connectivity index (χ0n) is 16.5. The van der Waals surface area contributed by atoms with Crippen molar-refractivity contribution in [1.82, 2.24) is 4.57 Å². The van der Waals surface area contributed by atoms with Crippen LogP contribution < -0.4 is 4.74 Å². The zero-order valence-corrected chi connectivity index (χ0v) is 16.5. The molecule has 0 saturated heterocycles. The molecule has 0 radical (unpaired) electrons. The average Bonchev–Trinajstić information content (AvgIpc) is 2.88. The van der Waals surface area contributed by atoms with Crippen molar-refractivity contribution in [3.63, 3.8) is 0 Å². The third kappa shape index (κ3) is 2.74. The minimum absolute atomic E-state index is 0.266. The Morgan fingerprint density at radius 2 is 1.81 bits per heavy atom. The van der Waals surface area contributed by atoms with Crippen LogP contribution in [0.3, 0.4) is 0 Å². The molecule has 0 unspecified atom stereocenters. The minimum Gasteiger partial charge on any atom is -0.496 e. The average molecular weight is 353 g/mol. The van der Waals surface area contributed by atoms with E-state index in [1.165, 1.54) is 0 Å². The fourth-order valence-electron chi connectivity index (χ4n) is 3.89. The van der Waals surface area contributed by atoms with Crippen LogP contribution in [0.1, 0.15) is 42.4 Å². The van der Waals surface area contributed by atoms with E-state index in [0.717, 1.165) is 45.2 Å². The molecule has 2 aromatic carbocycles. The van der Waals surface area contributed by atoms with Crippen LogP contribution in [0.15, 0.2) is 24.3 Å². The summed E-state index contributed by atoms with van der Waals surface area (Å²) in [6, 6.07) is 8.23. The topological polar surface area (TPSA) is 40.5 Å². The quantitative estimate of drug-likeness (QED) is 0.588. The van der Waals surface area contributed by atoms with E-state index >= 15 is 0 Å². The Morgan fingerprint density at radius 3 is 2.38 bits per heavy atom. The first-order valence-electron chi connectivity index (χ1n) is 9.17. The first-order valence-corrected chi connectivity index (χ1v) is 9.17. The van der Waals surface area contributed by atoms with Crippen LogP contribution in [0, 0.1) is 19.8 Å². The van der Waals surface area contributed by atoms with Crippen LogP contribution in [-0.4, -0.2) is 24.3 Å². The van der Waals surface area contributed by atoms with Crippen molar-refractivity contribution in [3.05, 3.63) is 41.1 Å². The number of nitrogens with zero attached hydrogens (tertiary/aromatic N) is 1. The summed E-state index contributed by atoms with van der Waals surface area (Å²) in [5, 5.41) is 3.11. The maximum absolute atomic E-state index is 12.8. The smallest absolute Gasteiger partial charge is 0.340 e. The van der Waals surface area contributed by atoms with Crippen molar-refractivity contribution in [1.29, 1.82) is 0 Å². The van der Waals surface area contributed by atoms with Crippen molar-refractivity contribution >= 4 is 27.6 Å². The van der Waals surface area contributed by atoms with Gasteiger partial charge in [-0.1, -0.05) is 38.1 Å². The fraction of sp³-hybridized carbons (Fsp3) is 0.409. The van der Waals surface area contributed by atoms with Gasteiger partial charge in [-0.3, -0.25) is 0 Å². The molecule has 0 aliphatic carbocycles. The fourth-order valence-corrected chi connectivity index (χ4v) is 3.89. The van der Waals surface area contributed by atoms with Gasteiger partial charge < -0.3 is 14.0 Å². The predicted molar refractivity (Wildman–Crippen MR) is 106 cm³/mol. The van der Waals surface area contributed by atoms with Crippen LogP contribution in [0.4, 0.5) is 0 Å². The SMILES string of the molecule is CCOC(=O)c1c(C)n(CC(C)C)c2c1c(C)c(OC)c1ccccc12. The molecule has 26 heavy (non-hydrogen) atoms. The lowest BCUT2D eigenvalue weighted by atomic mass is 9.98. The molecule has 0 bridgehead atoms. The molecule has 4 nitrogen and oxygen atoms in total. The second-order valence-electron chi connectivity index (χ2n) is 7.11. The van der Waals surface area contributed by atoms with Crippen LogP contribution in [-0.2, 0) is 11.3 Å². The highest BCUT2D eigenvalue weighted by atomic mass is 16.5. The van der Waals surface area contributed by atoms with Crippen molar-refractivity contribution in [3.8, 4) is 5.75 Å². The first-order chi connectivity index (χ1) is 12.4. The highest BCUT2D eigenvalue weighted by molar-refractivity contribution is 6.18. The van der Waals surface area contributed by atoms with E-state index in [1.54, 1.807) is 7.11 Å². The highest BCUT2D eigenvalue weighted by Gasteiger charge is 2.26. The van der Waals surface area contributed by atoms with Crippen molar-refractivity contribution in [2.45, 2.75) is 41.2 Å². The van der Waals surface area contributed by atoms with Gasteiger partial charge in [-0.05, 0) is 26.7 Å². The summed E-state index contributed by atoms with van der Waals surface area (Å²) in [6.07, 6.45) is 0. The Morgan fingerprint density at radius 1 is 1.15 bits per heavy atom. The molecule has 138 valence electrons. The molecule has 0 aliphatic heterocycles. The van der Waals surface area contributed by atoms with Gasteiger partial charge in [0.1, 0.15) is 5.75 Å². The van der Waals surface area contributed by atoms with Crippen molar-refractivity contribution in [2.75, 3.05) is 13.7 Å². The Balaban J connectivity index is 2.54. The molecule has 0 aliphatic rings. The third-order valence-corrected chi connectivity index (χ3v) is 4.90. The molecule has 0 N–H and O–H groups in total. The summed E-state index contributed by atoms with van der Waals surface area (Å²) in [5.74, 6) is 1.01. The van der Waals surface area contributed by atoms with E-state index in [9.17, 15) is 4.79 Å². The third-order valence-electron chi connectivity index (χ3n) is 4.90. The number of fused-ring (bicyclic) bond motifs is 3. The van der Waals surface area contributed by atoms with Crippen LogP contribution in [0.25, 0.3) is 21.7 Å². The number of methoxy groups -OCH3 is 1. The molecule has 0 atom stereocenters. The molecule has 3 aromatic rings. The number of aryl methyl sites for hydroxylation is 1. The largest absolute Gasteiger partial charge is 0.496 e. The van der Waals surface area contributed by atoms with Crippen LogP contribution in [0.5, 0.6) is 5.75 Å². The van der Waals surface area contributed by atoms with Crippen molar-refractivity contribution < 1.29 is 14.3 Å². The monoisotopic (exact) mass is 353 g/mol. The molecular weight excluding hydrogens is 326 g/mol. The first kappa shape index (κ1) is 18.3. The summed E-state index contributed by atoms with van der Waals surface area (Å²) in [5.41, 5.74) is 3.68. The van der Waals surface area contributed by atoms with Gasteiger partial charge in [-0.25, -0.2) is 4.79 Å². The second kappa shape index (κ2) is 7.02. The van der Waals surface area contributed by atoms with Gasteiger partial charge in [0.05, 0.1) is 24.8 Å². The lowest BCUT2D eigenvalue weighted by molar-refractivity contribution is 0.0527. The molecule has 1 heterocycles. The van der Waals surface area contributed by atoms with Gasteiger partial charge in [0.2, 0.25) is 0 Å². The maximum atomic E-state index is 12.8. The van der Waals surface area contributed by atoms with Gasteiger partial charge in [-0.15, -0.1) is 0 Å². The van der Waals surface area contributed by atoms with Crippen molar-refractivity contribution in [2.24, 2.45) is 5.92 Å². The summed E-state index contributed by atoms with van der Waals surface area (Å²) in [6.45, 7) is 11.5. The van der Waals surface area contributed by atoms with Gasteiger partial charge in [-0.2, -0.15) is 0 Å². The van der Waals surface area contributed by atoms with Gasteiger partial charge in [0.15, 0.2) is 0 Å². The second-order valence-corrected chi connectivity index (χ2v) is 7.11. The number of esters is 1. The lowest BCUT2D eigenvalue weighted by Crippen LogP contribution is -2.09.